The third kappa shape index (κ3) is 5.25. The minimum absolute atomic E-state index is 0.0725. The van der Waals surface area contributed by atoms with E-state index in [4.69, 9.17) is 15.2 Å². The van der Waals surface area contributed by atoms with Crippen molar-refractivity contribution in [1.82, 2.24) is 15.2 Å². The number of oxime groups is 1. The van der Waals surface area contributed by atoms with Crippen LogP contribution in [0.2, 0.25) is 0 Å². The zero-order valence-electron chi connectivity index (χ0n) is 17.8. The topological polar surface area (TPSA) is 174 Å². The second kappa shape index (κ2) is 10.4. The van der Waals surface area contributed by atoms with Crippen molar-refractivity contribution in [2.24, 2.45) is 5.16 Å². The van der Waals surface area contributed by atoms with Gasteiger partial charge >= 0.3 is 11.9 Å². The number of thiazole rings is 1. The number of aromatic nitrogens is 1. The largest absolute Gasteiger partial charge is 0.426 e. The van der Waals surface area contributed by atoms with Gasteiger partial charge in [-0.1, -0.05) is 5.16 Å². The smallest absolute Gasteiger partial charge is 0.358 e. The van der Waals surface area contributed by atoms with Gasteiger partial charge in [-0.2, -0.15) is 11.8 Å². The fourth-order valence-electron chi connectivity index (χ4n) is 3.24. The Morgan fingerprint density at radius 1 is 1.45 bits per heavy atom. The number of thioether (sulfide) groups is 2. The standard InChI is InChI=1S/C18H21N5O7S3/c1-7(24)29-8(2)30-17(27)13-9(4-31-3)5-32-16-12(15(26)23(13)16)21-14(25)11(22-28)10-6-33-18(19)20-10/h6,8,12,16,28H,4-5H2,1-3H3,(H2,19,20)(H,21,25)/t8?,12?,16-/m1/s1. The number of amides is 2. The molecule has 2 amide bonds. The summed E-state index contributed by atoms with van der Waals surface area (Å²) in [4.78, 5) is 54.7. The van der Waals surface area contributed by atoms with E-state index in [-0.39, 0.29) is 22.2 Å². The molecular formula is C18H21N5O7S3. The maximum Gasteiger partial charge on any atom is 0.358 e. The maximum absolute atomic E-state index is 12.9. The Morgan fingerprint density at radius 2 is 2.18 bits per heavy atom. The number of carbonyl (C=O) groups is 4. The number of nitrogen functional groups attached to an aromatic ring is 1. The highest BCUT2D eigenvalue weighted by molar-refractivity contribution is 8.00. The average molecular weight is 516 g/mol. The lowest BCUT2D eigenvalue weighted by Gasteiger charge is -2.49. The van der Waals surface area contributed by atoms with Crippen LogP contribution in [0.3, 0.4) is 0 Å². The van der Waals surface area contributed by atoms with E-state index in [0.717, 1.165) is 11.3 Å². The Hall–Kier alpha value is -2.78. The number of rotatable bonds is 8. The lowest BCUT2D eigenvalue weighted by atomic mass is 10.0. The van der Waals surface area contributed by atoms with Crippen LogP contribution in [-0.4, -0.2) is 80.0 Å². The molecule has 4 N–H and O–H groups in total. The van der Waals surface area contributed by atoms with Crippen LogP contribution in [0.15, 0.2) is 21.8 Å². The molecular weight excluding hydrogens is 494 g/mol. The first-order chi connectivity index (χ1) is 15.7. The predicted octanol–water partition coefficient (Wildman–Crippen LogP) is 0.373. The summed E-state index contributed by atoms with van der Waals surface area (Å²) >= 11 is 3.91. The van der Waals surface area contributed by atoms with Crippen LogP contribution in [0, 0.1) is 0 Å². The summed E-state index contributed by atoms with van der Waals surface area (Å²) in [7, 11) is 0. The van der Waals surface area contributed by atoms with Crippen molar-refractivity contribution in [3.63, 3.8) is 0 Å². The Kier molecular flexibility index (Phi) is 7.86. The normalized spacial score (nSPS) is 21.1. The first-order valence-electron chi connectivity index (χ1n) is 9.46. The van der Waals surface area contributed by atoms with Gasteiger partial charge in [-0.05, 0) is 11.8 Å². The highest BCUT2D eigenvalue weighted by atomic mass is 32.2. The number of hydrogen-bond acceptors (Lipinski definition) is 13. The Bertz CT molecular complexity index is 1040. The molecule has 1 saturated heterocycles. The number of nitrogens with one attached hydrogen (secondary N) is 1. The quantitative estimate of drug-likeness (QED) is 0.109. The van der Waals surface area contributed by atoms with E-state index in [2.05, 4.69) is 15.5 Å². The summed E-state index contributed by atoms with van der Waals surface area (Å²) in [5, 5.41) is 15.8. The molecule has 0 spiro atoms. The first-order valence-corrected chi connectivity index (χ1v) is 12.8. The van der Waals surface area contributed by atoms with Crippen LogP contribution < -0.4 is 11.1 Å². The van der Waals surface area contributed by atoms with Gasteiger partial charge in [0.25, 0.3) is 11.8 Å². The second-order valence-electron chi connectivity index (χ2n) is 6.85. The molecule has 0 aliphatic carbocycles. The zero-order valence-corrected chi connectivity index (χ0v) is 20.2. The van der Waals surface area contributed by atoms with E-state index >= 15 is 0 Å². The first kappa shape index (κ1) is 24.9. The van der Waals surface area contributed by atoms with Crippen molar-refractivity contribution < 1.29 is 33.9 Å². The second-order valence-corrected chi connectivity index (χ2v) is 9.71. The lowest BCUT2D eigenvalue weighted by Crippen LogP contribution is -2.71. The molecule has 1 fully saturated rings. The number of ether oxygens (including phenoxy) is 2. The number of hydrogen-bond donors (Lipinski definition) is 3. The van der Waals surface area contributed by atoms with Crippen LogP contribution in [0.1, 0.15) is 19.5 Å². The molecule has 2 unspecified atom stereocenters. The maximum atomic E-state index is 12.9. The number of nitrogens with two attached hydrogens (primary N) is 1. The van der Waals surface area contributed by atoms with Gasteiger partial charge in [0.05, 0.1) is 0 Å². The Balaban J connectivity index is 1.77. The van der Waals surface area contributed by atoms with Crippen molar-refractivity contribution in [3.8, 4) is 0 Å². The molecule has 0 bridgehead atoms. The van der Waals surface area contributed by atoms with Crippen molar-refractivity contribution in [3.05, 3.63) is 22.3 Å². The van der Waals surface area contributed by atoms with Gasteiger partial charge < -0.3 is 25.7 Å². The third-order valence-corrected chi connectivity index (χ3v) is 7.18. The monoisotopic (exact) mass is 515 g/mol. The molecule has 3 rings (SSSR count). The third-order valence-electron chi connectivity index (χ3n) is 4.53. The number of anilines is 1. The highest BCUT2D eigenvalue weighted by Crippen LogP contribution is 2.41. The Labute approximate surface area is 200 Å². The molecule has 0 saturated carbocycles. The molecule has 3 atom stereocenters. The van der Waals surface area contributed by atoms with E-state index in [9.17, 15) is 24.4 Å². The fourth-order valence-corrected chi connectivity index (χ4v) is 5.85. The SMILES string of the molecule is CSCC1=C(C(=O)OC(C)OC(C)=O)N2C(=O)C(NC(=O)C(=NO)c3csc(N)n3)[C@H]2SC1. The van der Waals surface area contributed by atoms with Gasteiger partial charge in [0.2, 0.25) is 6.29 Å². The number of fused-ring (bicyclic) bond motifs is 1. The van der Waals surface area contributed by atoms with Crippen molar-refractivity contribution in [2.45, 2.75) is 31.6 Å². The average Bonchev–Trinajstić information content (AvgIpc) is 3.17. The molecule has 0 aromatic carbocycles. The number of carbonyl (C=O) groups excluding carboxylic acids is 4. The molecule has 1 aromatic rings. The van der Waals surface area contributed by atoms with Gasteiger partial charge in [0.1, 0.15) is 22.8 Å². The minimum atomic E-state index is -1.13. The summed E-state index contributed by atoms with van der Waals surface area (Å²) < 4.78 is 10.0. The Morgan fingerprint density at radius 3 is 2.76 bits per heavy atom. The van der Waals surface area contributed by atoms with E-state index in [1.165, 1.54) is 47.7 Å². The number of esters is 2. The van der Waals surface area contributed by atoms with E-state index in [1.54, 1.807) is 0 Å². The van der Waals surface area contributed by atoms with Crippen LogP contribution in [0.5, 0.6) is 0 Å². The van der Waals surface area contributed by atoms with Crippen LogP contribution >= 0.6 is 34.9 Å². The van der Waals surface area contributed by atoms with Gasteiger partial charge in [-0.3, -0.25) is 19.3 Å². The molecule has 12 nitrogen and oxygen atoms in total. The summed E-state index contributed by atoms with van der Waals surface area (Å²) in [6.45, 7) is 2.58. The van der Waals surface area contributed by atoms with Gasteiger partial charge in [-0.15, -0.1) is 23.1 Å². The molecule has 2 aliphatic heterocycles. The van der Waals surface area contributed by atoms with Crippen LogP contribution in [-0.2, 0) is 28.7 Å². The molecule has 178 valence electrons. The summed E-state index contributed by atoms with van der Waals surface area (Å²) in [5.41, 5.74) is 6.01. The molecule has 3 heterocycles. The highest BCUT2D eigenvalue weighted by Gasteiger charge is 2.54. The van der Waals surface area contributed by atoms with E-state index < -0.39 is 41.5 Å². The fraction of sp³-hybridized carbons (Fsp3) is 0.444. The van der Waals surface area contributed by atoms with Gasteiger partial charge in [0, 0.05) is 30.7 Å². The molecule has 2 aliphatic rings. The van der Waals surface area contributed by atoms with E-state index in [1.807, 2.05) is 6.26 Å². The number of β-lactam (4-membered cyclic amide) rings is 1. The van der Waals surface area contributed by atoms with Gasteiger partial charge in [0.15, 0.2) is 10.8 Å². The van der Waals surface area contributed by atoms with Crippen molar-refractivity contribution >= 4 is 69.5 Å². The van der Waals surface area contributed by atoms with E-state index in [0.29, 0.717) is 17.1 Å². The molecule has 1 aromatic heterocycles. The predicted molar refractivity (Wildman–Crippen MR) is 123 cm³/mol. The van der Waals surface area contributed by atoms with Crippen molar-refractivity contribution in [2.75, 3.05) is 23.5 Å². The minimum Gasteiger partial charge on any atom is -0.426 e. The lowest BCUT2D eigenvalue weighted by molar-refractivity contribution is -0.182. The summed E-state index contributed by atoms with van der Waals surface area (Å²) in [5.74, 6) is -1.84. The van der Waals surface area contributed by atoms with Gasteiger partial charge in [-0.25, -0.2) is 9.78 Å². The zero-order chi connectivity index (χ0) is 24.3. The molecule has 33 heavy (non-hydrogen) atoms. The summed E-state index contributed by atoms with van der Waals surface area (Å²) in [6, 6.07) is -0.959. The molecule has 15 heteroatoms. The van der Waals surface area contributed by atoms with Crippen LogP contribution in [0.4, 0.5) is 5.13 Å². The van der Waals surface area contributed by atoms with Crippen molar-refractivity contribution in [1.29, 1.82) is 0 Å². The summed E-state index contributed by atoms with van der Waals surface area (Å²) in [6.07, 6.45) is 0.725. The van der Waals surface area contributed by atoms with Crippen LogP contribution in [0.25, 0.3) is 0 Å². The molecule has 0 radical (unpaired) electrons. The number of nitrogens with zero attached hydrogens (tertiary/aromatic N) is 3.